The number of amides is 1. The number of hydrogen-bond donors (Lipinski definition) is 1. The van der Waals surface area contributed by atoms with E-state index >= 15 is 0 Å². The number of para-hydroxylation sites is 2. The highest BCUT2D eigenvalue weighted by Gasteiger charge is 2.28. The van der Waals surface area contributed by atoms with E-state index in [9.17, 15) is 9.59 Å². The molecule has 1 N–H and O–H groups in total. The quantitative estimate of drug-likeness (QED) is 0.453. The minimum absolute atomic E-state index is 0.0333. The van der Waals surface area contributed by atoms with Crippen molar-refractivity contribution >= 4 is 22.8 Å². The van der Waals surface area contributed by atoms with E-state index in [1.807, 2.05) is 101 Å². The van der Waals surface area contributed by atoms with E-state index in [1.54, 1.807) is 0 Å². The van der Waals surface area contributed by atoms with Crippen molar-refractivity contribution in [2.45, 2.75) is 32.4 Å². The van der Waals surface area contributed by atoms with Crippen LogP contribution in [0.2, 0.25) is 0 Å². The fourth-order valence-corrected chi connectivity index (χ4v) is 4.82. The van der Waals surface area contributed by atoms with Crippen LogP contribution in [0.25, 0.3) is 11.0 Å². The van der Waals surface area contributed by atoms with Crippen molar-refractivity contribution < 1.29 is 4.79 Å². The van der Waals surface area contributed by atoms with Crippen LogP contribution in [-0.4, -0.2) is 28.5 Å². The first-order valence-electron chi connectivity index (χ1n) is 12.2. The lowest BCUT2D eigenvalue weighted by Gasteiger charge is -2.32. The molecule has 0 saturated carbocycles. The fraction of sp³-hybridized carbons (Fsp3) is 0.276. The molecule has 4 aromatic rings. The van der Waals surface area contributed by atoms with E-state index in [1.165, 1.54) is 0 Å². The Bertz CT molecular complexity index is 1360. The topological polar surface area (TPSA) is 67.2 Å². The molecule has 1 aromatic heterocycles. The van der Waals surface area contributed by atoms with Gasteiger partial charge in [-0.3, -0.25) is 14.2 Å². The lowest BCUT2D eigenvalue weighted by atomic mass is 9.95. The summed E-state index contributed by atoms with van der Waals surface area (Å²) in [6.07, 6.45) is 1.39. The molecular formula is C29H30N4O2. The average molecular weight is 467 g/mol. The number of benzene rings is 3. The van der Waals surface area contributed by atoms with Gasteiger partial charge in [0.1, 0.15) is 0 Å². The first-order chi connectivity index (χ1) is 17.1. The van der Waals surface area contributed by atoms with Gasteiger partial charge in [0.05, 0.1) is 23.6 Å². The van der Waals surface area contributed by atoms with Gasteiger partial charge in [-0.25, -0.2) is 4.98 Å². The molecule has 1 unspecified atom stereocenters. The number of fused-ring (bicyclic) bond motifs is 1. The Morgan fingerprint density at radius 1 is 0.943 bits per heavy atom. The number of rotatable bonds is 6. The van der Waals surface area contributed by atoms with Gasteiger partial charge in [0, 0.05) is 19.0 Å². The zero-order valence-electron chi connectivity index (χ0n) is 19.9. The van der Waals surface area contributed by atoms with Gasteiger partial charge in [0.25, 0.3) is 5.56 Å². The Labute approximate surface area is 205 Å². The Morgan fingerprint density at radius 2 is 1.57 bits per heavy atom. The Kier molecular flexibility index (Phi) is 6.62. The molecule has 6 heteroatoms. The van der Waals surface area contributed by atoms with E-state index in [2.05, 4.69) is 5.32 Å². The third kappa shape index (κ3) is 4.97. The number of aromatic nitrogens is 2. The molecular weight excluding hydrogens is 436 g/mol. The van der Waals surface area contributed by atoms with Crippen LogP contribution >= 0.6 is 0 Å². The molecule has 6 nitrogen and oxygen atoms in total. The summed E-state index contributed by atoms with van der Waals surface area (Å²) in [5.41, 5.74) is 3.70. The van der Waals surface area contributed by atoms with E-state index in [0.29, 0.717) is 38.3 Å². The Balaban J connectivity index is 1.33. The maximum absolute atomic E-state index is 13.6. The third-order valence-corrected chi connectivity index (χ3v) is 6.84. The highest BCUT2D eigenvalue weighted by atomic mass is 16.2. The molecule has 1 amide bonds. The van der Waals surface area contributed by atoms with Crippen molar-refractivity contribution in [1.82, 2.24) is 14.9 Å². The predicted octanol–water partition coefficient (Wildman–Crippen LogP) is 4.54. The smallest absolute Gasteiger partial charge is 0.294 e. The summed E-state index contributed by atoms with van der Waals surface area (Å²) >= 11 is 0. The molecule has 1 aliphatic heterocycles. The van der Waals surface area contributed by atoms with Crippen LogP contribution in [0, 0.1) is 5.92 Å². The van der Waals surface area contributed by atoms with Crippen LogP contribution in [0.4, 0.5) is 5.82 Å². The molecule has 1 fully saturated rings. The first kappa shape index (κ1) is 22.8. The van der Waals surface area contributed by atoms with E-state index in [-0.39, 0.29) is 23.4 Å². The lowest BCUT2D eigenvalue weighted by molar-refractivity contribution is -0.126. The van der Waals surface area contributed by atoms with Gasteiger partial charge in [-0.1, -0.05) is 72.8 Å². The molecule has 35 heavy (non-hydrogen) atoms. The number of nitrogens with one attached hydrogen (secondary N) is 1. The molecule has 1 saturated heterocycles. The zero-order chi connectivity index (χ0) is 24.2. The van der Waals surface area contributed by atoms with Crippen molar-refractivity contribution in [2.24, 2.45) is 5.92 Å². The van der Waals surface area contributed by atoms with Gasteiger partial charge in [-0.05, 0) is 43.0 Å². The van der Waals surface area contributed by atoms with Crippen LogP contribution in [0.15, 0.2) is 89.7 Å². The van der Waals surface area contributed by atoms with Crippen molar-refractivity contribution in [3.05, 3.63) is 106 Å². The standard InChI is InChI=1S/C29H30N4O2/c1-21(23-12-6-3-7-13-23)30-28(34)24-16-18-32(19-17-24)27-29(35)33(20-22-10-4-2-5-11-22)26-15-9-8-14-25(26)31-27/h2-15,21,24H,16-20H2,1H3,(H,30,34). The minimum Gasteiger partial charge on any atom is -0.352 e. The van der Waals surface area contributed by atoms with Crippen LogP contribution < -0.4 is 15.8 Å². The third-order valence-electron chi connectivity index (χ3n) is 6.84. The van der Waals surface area contributed by atoms with Gasteiger partial charge in [0.2, 0.25) is 5.91 Å². The lowest BCUT2D eigenvalue weighted by Crippen LogP contribution is -2.43. The van der Waals surface area contributed by atoms with Gasteiger partial charge in [-0.15, -0.1) is 0 Å². The van der Waals surface area contributed by atoms with Crippen molar-refractivity contribution in [1.29, 1.82) is 0 Å². The number of piperidine rings is 1. The van der Waals surface area contributed by atoms with Crippen LogP contribution in [0.5, 0.6) is 0 Å². The summed E-state index contributed by atoms with van der Waals surface area (Å²) in [5.74, 6) is 0.481. The maximum atomic E-state index is 13.6. The molecule has 178 valence electrons. The second-order valence-electron chi connectivity index (χ2n) is 9.20. The van der Waals surface area contributed by atoms with Crippen LogP contribution in [0.1, 0.15) is 36.9 Å². The van der Waals surface area contributed by atoms with E-state index < -0.39 is 0 Å². The molecule has 0 spiro atoms. The monoisotopic (exact) mass is 466 g/mol. The number of anilines is 1. The molecule has 3 aromatic carbocycles. The molecule has 5 rings (SSSR count). The van der Waals surface area contributed by atoms with Crippen LogP contribution in [-0.2, 0) is 11.3 Å². The second-order valence-corrected chi connectivity index (χ2v) is 9.20. The molecule has 1 aliphatic rings. The highest BCUT2D eigenvalue weighted by Crippen LogP contribution is 2.23. The second kappa shape index (κ2) is 10.1. The molecule has 0 radical (unpaired) electrons. The van der Waals surface area contributed by atoms with Gasteiger partial charge in [-0.2, -0.15) is 0 Å². The highest BCUT2D eigenvalue weighted by molar-refractivity contribution is 5.80. The van der Waals surface area contributed by atoms with Crippen molar-refractivity contribution in [3.63, 3.8) is 0 Å². The van der Waals surface area contributed by atoms with E-state index in [0.717, 1.165) is 22.2 Å². The Morgan fingerprint density at radius 3 is 2.29 bits per heavy atom. The zero-order valence-corrected chi connectivity index (χ0v) is 19.9. The minimum atomic E-state index is -0.0897. The average Bonchev–Trinajstić information content (AvgIpc) is 2.91. The van der Waals surface area contributed by atoms with Gasteiger partial charge >= 0.3 is 0 Å². The summed E-state index contributed by atoms with van der Waals surface area (Å²) in [7, 11) is 0. The van der Waals surface area contributed by atoms with Gasteiger partial charge in [0.15, 0.2) is 5.82 Å². The number of carbonyl (C=O) groups excluding carboxylic acids is 1. The normalized spacial score (nSPS) is 15.2. The molecule has 2 heterocycles. The summed E-state index contributed by atoms with van der Waals surface area (Å²) in [4.78, 5) is 33.3. The molecule has 0 aliphatic carbocycles. The number of carbonyl (C=O) groups is 1. The van der Waals surface area contributed by atoms with Crippen molar-refractivity contribution in [2.75, 3.05) is 18.0 Å². The molecule has 1 atom stereocenters. The fourth-order valence-electron chi connectivity index (χ4n) is 4.82. The maximum Gasteiger partial charge on any atom is 0.294 e. The largest absolute Gasteiger partial charge is 0.352 e. The summed E-state index contributed by atoms with van der Waals surface area (Å²) in [6.45, 7) is 3.76. The predicted molar refractivity (Wildman–Crippen MR) is 139 cm³/mol. The molecule has 0 bridgehead atoms. The summed E-state index contributed by atoms with van der Waals surface area (Å²) in [5, 5.41) is 3.15. The van der Waals surface area contributed by atoms with Gasteiger partial charge < -0.3 is 10.2 Å². The SMILES string of the molecule is CC(NC(=O)C1CCN(c2nc3ccccc3n(Cc3ccccc3)c2=O)CC1)c1ccccc1. The summed E-state index contributed by atoms with van der Waals surface area (Å²) < 4.78 is 1.81. The summed E-state index contributed by atoms with van der Waals surface area (Å²) in [6, 6.07) is 27.7. The van der Waals surface area contributed by atoms with E-state index in [4.69, 9.17) is 4.98 Å². The van der Waals surface area contributed by atoms with Crippen molar-refractivity contribution in [3.8, 4) is 0 Å². The number of hydrogen-bond acceptors (Lipinski definition) is 4. The van der Waals surface area contributed by atoms with Crippen LogP contribution in [0.3, 0.4) is 0 Å². The Hall–Kier alpha value is -3.93. The number of nitrogens with zero attached hydrogens (tertiary/aromatic N) is 3. The first-order valence-corrected chi connectivity index (χ1v) is 12.2.